The molecule has 0 heterocycles. The van der Waals surface area contributed by atoms with Gasteiger partial charge in [0.05, 0.1) is 0 Å². The van der Waals surface area contributed by atoms with Crippen LogP contribution in [0.5, 0.6) is 0 Å². The Hall–Kier alpha value is 0. The van der Waals surface area contributed by atoms with Crippen LogP contribution in [0.15, 0.2) is 0 Å². The summed E-state index contributed by atoms with van der Waals surface area (Å²) < 4.78 is 0. The summed E-state index contributed by atoms with van der Waals surface area (Å²) in [5.74, 6) is 4.44. The zero-order valence-electron chi connectivity index (χ0n) is 14.9. The Morgan fingerprint density at radius 1 is 0.571 bits per heavy atom. The maximum absolute atomic E-state index is 2.37. The summed E-state index contributed by atoms with van der Waals surface area (Å²) in [5, 5.41) is 0. The van der Waals surface area contributed by atoms with E-state index in [1.807, 2.05) is 0 Å². The van der Waals surface area contributed by atoms with E-state index < -0.39 is 0 Å². The SMILES string of the molecule is CCCCCC1CCC1C1CCCCCCC1CCCC. The van der Waals surface area contributed by atoms with Crippen molar-refractivity contribution in [2.45, 2.75) is 110 Å². The molecule has 0 aromatic heterocycles. The fraction of sp³-hybridized carbons (Fsp3) is 1.00. The summed E-state index contributed by atoms with van der Waals surface area (Å²) in [6.07, 6.45) is 22.7. The minimum absolute atomic E-state index is 1.09. The highest BCUT2D eigenvalue weighted by Gasteiger charge is 2.39. The van der Waals surface area contributed by atoms with Gasteiger partial charge in [-0.2, -0.15) is 0 Å². The molecule has 2 saturated carbocycles. The molecule has 4 unspecified atom stereocenters. The van der Waals surface area contributed by atoms with Gasteiger partial charge < -0.3 is 0 Å². The van der Waals surface area contributed by atoms with Crippen molar-refractivity contribution in [3.05, 3.63) is 0 Å². The Kier molecular flexibility index (Phi) is 8.19. The van der Waals surface area contributed by atoms with Gasteiger partial charge in [0.25, 0.3) is 0 Å². The maximum Gasteiger partial charge on any atom is -0.0355 e. The van der Waals surface area contributed by atoms with E-state index in [-0.39, 0.29) is 0 Å². The van der Waals surface area contributed by atoms with Gasteiger partial charge in [-0.25, -0.2) is 0 Å². The molecular weight excluding hydrogens is 252 g/mol. The first-order chi connectivity index (χ1) is 10.4. The fourth-order valence-corrected chi connectivity index (χ4v) is 5.15. The van der Waals surface area contributed by atoms with Gasteiger partial charge in [0.1, 0.15) is 0 Å². The molecule has 0 aliphatic heterocycles. The second-order valence-corrected chi connectivity index (χ2v) is 8.05. The predicted octanol–water partition coefficient (Wildman–Crippen LogP) is 7.37. The highest BCUT2D eigenvalue weighted by molar-refractivity contribution is 4.89. The number of hydrogen-bond donors (Lipinski definition) is 0. The third-order valence-electron chi connectivity index (χ3n) is 6.60. The van der Waals surface area contributed by atoms with Crippen molar-refractivity contribution in [3.8, 4) is 0 Å². The molecule has 0 amide bonds. The summed E-state index contributed by atoms with van der Waals surface area (Å²) in [5.41, 5.74) is 0. The zero-order chi connectivity index (χ0) is 14.9. The fourth-order valence-electron chi connectivity index (χ4n) is 5.15. The minimum atomic E-state index is 1.09. The van der Waals surface area contributed by atoms with E-state index in [0.29, 0.717) is 0 Å². The molecule has 2 aliphatic carbocycles. The normalized spacial score (nSPS) is 34.0. The molecule has 0 nitrogen and oxygen atoms in total. The molecule has 0 spiro atoms. The van der Waals surface area contributed by atoms with Gasteiger partial charge in [-0.05, 0) is 42.9 Å². The average molecular weight is 293 g/mol. The summed E-state index contributed by atoms with van der Waals surface area (Å²) in [4.78, 5) is 0. The van der Waals surface area contributed by atoms with Gasteiger partial charge in [-0.15, -0.1) is 0 Å². The molecule has 2 rings (SSSR count). The minimum Gasteiger partial charge on any atom is -0.0654 e. The smallest absolute Gasteiger partial charge is 0.0355 e. The topological polar surface area (TPSA) is 0 Å². The van der Waals surface area contributed by atoms with Gasteiger partial charge in [-0.3, -0.25) is 0 Å². The van der Waals surface area contributed by atoms with Gasteiger partial charge in [0.2, 0.25) is 0 Å². The first kappa shape index (κ1) is 17.4. The zero-order valence-corrected chi connectivity index (χ0v) is 14.9. The van der Waals surface area contributed by atoms with Crippen molar-refractivity contribution in [1.82, 2.24) is 0 Å². The lowest BCUT2D eigenvalue weighted by Gasteiger charge is -2.46. The Labute approximate surface area is 134 Å². The average Bonchev–Trinajstić information content (AvgIpc) is 2.44. The Morgan fingerprint density at radius 3 is 1.86 bits per heavy atom. The van der Waals surface area contributed by atoms with Crippen LogP contribution in [0.4, 0.5) is 0 Å². The molecule has 0 aromatic carbocycles. The summed E-state index contributed by atoms with van der Waals surface area (Å²) in [6.45, 7) is 4.71. The predicted molar refractivity (Wildman–Crippen MR) is 94.6 cm³/mol. The summed E-state index contributed by atoms with van der Waals surface area (Å²) in [6, 6.07) is 0. The molecule has 124 valence electrons. The van der Waals surface area contributed by atoms with E-state index in [1.165, 1.54) is 57.8 Å². The molecule has 4 atom stereocenters. The van der Waals surface area contributed by atoms with E-state index in [0.717, 1.165) is 23.7 Å². The van der Waals surface area contributed by atoms with E-state index in [4.69, 9.17) is 0 Å². The van der Waals surface area contributed by atoms with Crippen LogP contribution >= 0.6 is 0 Å². The lowest BCUT2D eigenvalue weighted by molar-refractivity contribution is 0.0402. The molecule has 0 aromatic rings. The van der Waals surface area contributed by atoms with Gasteiger partial charge in [0.15, 0.2) is 0 Å². The number of rotatable bonds is 8. The van der Waals surface area contributed by atoms with Gasteiger partial charge in [0, 0.05) is 0 Å². The van der Waals surface area contributed by atoms with E-state index in [2.05, 4.69) is 13.8 Å². The monoisotopic (exact) mass is 292 g/mol. The molecule has 0 saturated heterocycles. The second-order valence-electron chi connectivity index (χ2n) is 8.05. The van der Waals surface area contributed by atoms with Crippen molar-refractivity contribution >= 4 is 0 Å². The van der Waals surface area contributed by atoms with Crippen molar-refractivity contribution in [1.29, 1.82) is 0 Å². The lowest BCUT2D eigenvalue weighted by Crippen LogP contribution is -2.37. The van der Waals surface area contributed by atoms with Crippen LogP contribution in [0.3, 0.4) is 0 Å². The van der Waals surface area contributed by atoms with E-state index in [9.17, 15) is 0 Å². The quantitative estimate of drug-likeness (QED) is 0.410. The number of hydrogen-bond acceptors (Lipinski definition) is 0. The molecule has 0 bridgehead atoms. The van der Waals surface area contributed by atoms with E-state index in [1.54, 1.807) is 38.5 Å². The standard InChI is InChI=1S/C21H40/c1-3-5-9-13-19-16-17-21(19)20-15-11-8-7-10-14-18(20)12-6-4-2/h18-21H,3-17H2,1-2H3. The molecule has 0 radical (unpaired) electrons. The Morgan fingerprint density at radius 2 is 1.19 bits per heavy atom. The maximum atomic E-state index is 2.37. The number of unbranched alkanes of at least 4 members (excludes halogenated alkanes) is 3. The molecule has 0 N–H and O–H groups in total. The highest BCUT2D eigenvalue weighted by Crippen LogP contribution is 2.49. The highest BCUT2D eigenvalue weighted by atomic mass is 14.4. The Balaban J connectivity index is 1.88. The molecular formula is C21H40. The first-order valence-corrected chi connectivity index (χ1v) is 10.4. The second kappa shape index (κ2) is 9.90. The van der Waals surface area contributed by atoms with Crippen LogP contribution in [-0.4, -0.2) is 0 Å². The first-order valence-electron chi connectivity index (χ1n) is 10.4. The van der Waals surface area contributed by atoms with Crippen LogP contribution in [0.1, 0.15) is 110 Å². The van der Waals surface area contributed by atoms with Crippen LogP contribution < -0.4 is 0 Å². The van der Waals surface area contributed by atoms with Crippen LogP contribution in [0.25, 0.3) is 0 Å². The van der Waals surface area contributed by atoms with Crippen LogP contribution in [0.2, 0.25) is 0 Å². The molecule has 21 heavy (non-hydrogen) atoms. The third kappa shape index (κ3) is 5.29. The van der Waals surface area contributed by atoms with Crippen molar-refractivity contribution in [3.63, 3.8) is 0 Å². The van der Waals surface area contributed by atoms with Crippen molar-refractivity contribution < 1.29 is 0 Å². The van der Waals surface area contributed by atoms with E-state index >= 15 is 0 Å². The van der Waals surface area contributed by atoms with Crippen molar-refractivity contribution in [2.75, 3.05) is 0 Å². The molecule has 0 heteroatoms. The van der Waals surface area contributed by atoms with Gasteiger partial charge in [-0.1, -0.05) is 90.9 Å². The largest absolute Gasteiger partial charge is 0.0654 e. The molecule has 2 aliphatic rings. The van der Waals surface area contributed by atoms with Crippen LogP contribution in [0, 0.1) is 23.7 Å². The summed E-state index contributed by atoms with van der Waals surface area (Å²) >= 11 is 0. The van der Waals surface area contributed by atoms with Crippen molar-refractivity contribution in [2.24, 2.45) is 23.7 Å². The molecule has 2 fully saturated rings. The Bertz CT molecular complexity index is 255. The lowest BCUT2D eigenvalue weighted by atomic mass is 9.59. The van der Waals surface area contributed by atoms with Gasteiger partial charge >= 0.3 is 0 Å². The van der Waals surface area contributed by atoms with Crippen LogP contribution in [-0.2, 0) is 0 Å². The summed E-state index contributed by atoms with van der Waals surface area (Å²) in [7, 11) is 0. The third-order valence-corrected chi connectivity index (χ3v) is 6.60.